The van der Waals surface area contributed by atoms with Gasteiger partial charge in [-0.05, 0) is 45.5 Å². The van der Waals surface area contributed by atoms with Gasteiger partial charge in [-0.1, -0.05) is 28.1 Å². The highest BCUT2D eigenvalue weighted by atomic mass is 79.9. The van der Waals surface area contributed by atoms with E-state index < -0.39 is 0 Å². The quantitative estimate of drug-likeness (QED) is 0.918. The first-order valence-corrected chi connectivity index (χ1v) is 8.16. The van der Waals surface area contributed by atoms with Crippen molar-refractivity contribution in [2.24, 2.45) is 5.73 Å². The fourth-order valence-corrected chi connectivity index (χ4v) is 3.44. The lowest BCUT2D eigenvalue weighted by molar-refractivity contribution is 0.0274. The molecule has 1 aliphatic rings. The zero-order valence-electron chi connectivity index (χ0n) is 12.9. The second-order valence-electron chi connectivity index (χ2n) is 6.17. The van der Waals surface area contributed by atoms with Crippen molar-refractivity contribution in [3.8, 4) is 0 Å². The molecule has 3 nitrogen and oxygen atoms in total. The molecule has 0 aliphatic carbocycles. The molecule has 1 aliphatic heterocycles. The highest BCUT2D eigenvalue weighted by Gasteiger charge is 2.32. The van der Waals surface area contributed by atoms with Crippen LogP contribution in [0.4, 0.5) is 0 Å². The van der Waals surface area contributed by atoms with Gasteiger partial charge in [0.1, 0.15) is 0 Å². The van der Waals surface area contributed by atoms with Crippen LogP contribution >= 0.6 is 15.9 Å². The van der Waals surface area contributed by atoms with Gasteiger partial charge in [-0.2, -0.15) is 0 Å². The molecule has 1 aromatic carbocycles. The minimum Gasteiger partial charge on any atom is -0.326 e. The topological polar surface area (TPSA) is 32.5 Å². The van der Waals surface area contributed by atoms with E-state index in [4.69, 9.17) is 5.73 Å². The first-order valence-electron chi connectivity index (χ1n) is 7.37. The maximum atomic E-state index is 6.30. The third-order valence-electron chi connectivity index (χ3n) is 4.49. The van der Waals surface area contributed by atoms with Gasteiger partial charge in [0.2, 0.25) is 0 Å². The molecule has 112 valence electrons. The minimum absolute atomic E-state index is 0.124. The van der Waals surface area contributed by atoms with Crippen molar-refractivity contribution >= 4 is 15.9 Å². The number of nitrogens with zero attached hydrogens (tertiary/aromatic N) is 2. The fourth-order valence-electron chi connectivity index (χ4n) is 3.18. The Morgan fingerprint density at radius 2 is 1.65 bits per heavy atom. The van der Waals surface area contributed by atoms with Crippen LogP contribution in [0.2, 0.25) is 0 Å². The van der Waals surface area contributed by atoms with Gasteiger partial charge >= 0.3 is 0 Å². The molecular weight excluding hydrogens is 314 g/mol. The Balaban J connectivity index is 2.23. The van der Waals surface area contributed by atoms with Crippen molar-refractivity contribution in [1.82, 2.24) is 9.80 Å². The van der Waals surface area contributed by atoms with Gasteiger partial charge in [0.15, 0.2) is 0 Å². The summed E-state index contributed by atoms with van der Waals surface area (Å²) in [6.07, 6.45) is 0. The minimum atomic E-state index is 0.124. The molecule has 0 amide bonds. The van der Waals surface area contributed by atoms with E-state index in [9.17, 15) is 0 Å². The molecule has 1 heterocycles. The Labute approximate surface area is 131 Å². The fraction of sp³-hybridized carbons (Fsp3) is 0.625. The van der Waals surface area contributed by atoms with Crippen LogP contribution in [0, 0.1) is 0 Å². The highest BCUT2D eigenvalue weighted by molar-refractivity contribution is 9.10. The molecule has 20 heavy (non-hydrogen) atoms. The van der Waals surface area contributed by atoms with E-state index in [2.05, 4.69) is 77.8 Å². The molecule has 1 aromatic rings. The number of rotatable bonds is 3. The van der Waals surface area contributed by atoms with Crippen molar-refractivity contribution in [2.45, 2.75) is 44.9 Å². The lowest BCUT2D eigenvalue weighted by atomic mass is 9.96. The normalized spacial score (nSPS) is 28.3. The zero-order valence-corrected chi connectivity index (χ0v) is 14.5. The van der Waals surface area contributed by atoms with E-state index in [0.717, 1.165) is 17.6 Å². The third kappa shape index (κ3) is 3.42. The van der Waals surface area contributed by atoms with Crippen molar-refractivity contribution in [2.75, 3.05) is 20.1 Å². The monoisotopic (exact) mass is 339 g/mol. The Bertz CT molecular complexity index is 420. The van der Waals surface area contributed by atoms with Crippen molar-refractivity contribution < 1.29 is 0 Å². The summed E-state index contributed by atoms with van der Waals surface area (Å²) in [6, 6.07) is 10.1. The molecule has 1 saturated heterocycles. The van der Waals surface area contributed by atoms with E-state index in [-0.39, 0.29) is 6.04 Å². The molecular formula is C16H26BrN3. The predicted molar refractivity (Wildman–Crippen MR) is 88.8 cm³/mol. The molecule has 4 atom stereocenters. The van der Waals surface area contributed by atoms with Gasteiger partial charge in [0, 0.05) is 41.7 Å². The second-order valence-corrected chi connectivity index (χ2v) is 7.09. The van der Waals surface area contributed by atoms with E-state index >= 15 is 0 Å². The lowest BCUT2D eigenvalue weighted by Crippen LogP contribution is -2.57. The van der Waals surface area contributed by atoms with E-state index in [1.54, 1.807) is 0 Å². The van der Waals surface area contributed by atoms with Gasteiger partial charge in [-0.3, -0.25) is 9.80 Å². The van der Waals surface area contributed by atoms with Crippen molar-refractivity contribution in [3.63, 3.8) is 0 Å². The molecule has 2 rings (SSSR count). The van der Waals surface area contributed by atoms with Crippen LogP contribution in [0.15, 0.2) is 28.7 Å². The van der Waals surface area contributed by atoms with Gasteiger partial charge < -0.3 is 5.73 Å². The number of hydrogen-bond acceptors (Lipinski definition) is 3. The average molecular weight is 340 g/mol. The van der Waals surface area contributed by atoms with Gasteiger partial charge in [0.05, 0.1) is 0 Å². The molecule has 0 bridgehead atoms. The van der Waals surface area contributed by atoms with Crippen LogP contribution in [0.1, 0.15) is 32.4 Å². The molecule has 2 N–H and O–H groups in total. The number of halogens is 1. The van der Waals surface area contributed by atoms with Crippen molar-refractivity contribution in [1.29, 1.82) is 0 Å². The lowest BCUT2D eigenvalue weighted by Gasteiger charge is -2.46. The highest BCUT2D eigenvalue weighted by Crippen LogP contribution is 2.28. The second kappa shape index (κ2) is 6.56. The van der Waals surface area contributed by atoms with Crippen LogP contribution in [-0.4, -0.2) is 48.1 Å². The van der Waals surface area contributed by atoms with Crippen LogP contribution in [-0.2, 0) is 0 Å². The molecule has 0 saturated carbocycles. The van der Waals surface area contributed by atoms with E-state index in [1.165, 1.54) is 5.56 Å². The van der Waals surface area contributed by atoms with Crippen molar-refractivity contribution in [3.05, 3.63) is 34.3 Å². The predicted octanol–water partition coefficient (Wildman–Crippen LogP) is 2.86. The third-order valence-corrected chi connectivity index (χ3v) is 5.02. The standard InChI is InChI=1S/C16H26BrN3/c1-11-9-20(10-12(2)19(11)4)16(13(3)18)14-5-7-15(17)8-6-14/h5-8,11-13,16H,9-10,18H2,1-4H3. The summed E-state index contributed by atoms with van der Waals surface area (Å²) >= 11 is 3.50. The summed E-state index contributed by atoms with van der Waals surface area (Å²) in [5.41, 5.74) is 7.61. The van der Waals surface area contributed by atoms with Crippen LogP contribution in [0.25, 0.3) is 0 Å². The largest absolute Gasteiger partial charge is 0.326 e. The van der Waals surface area contributed by atoms with Gasteiger partial charge in [0.25, 0.3) is 0 Å². The van der Waals surface area contributed by atoms with E-state index in [1.807, 2.05) is 0 Å². The Morgan fingerprint density at radius 3 is 2.10 bits per heavy atom. The Morgan fingerprint density at radius 1 is 1.15 bits per heavy atom. The molecule has 0 aromatic heterocycles. The zero-order chi connectivity index (χ0) is 14.9. The smallest absolute Gasteiger partial charge is 0.0497 e. The molecule has 1 fully saturated rings. The number of hydrogen-bond donors (Lipinski definition) is 1. The average Bonchev–Trinajstić information content (AvgIpc) is 2.38. The summed E-state index contributed by atoms with van der Waals surface area (Å²) in [5, 5.41) is 0. The van der Waals surface area contributed by atoms with Crippen LogP contribution < -0.4 is 5.73 Å². The first-order chi connectivity index (χ1) is 9.40. The van der Waals surface area contributed by atoms with Gasteiger partial charge in [-0.15, -0.1) is 0 Å². The summed E-state index contributed by atoms with van der Waals surface area (Å²) in [7, 11) is 2.22. The Hall–Kier alpha value is -0.420. The van der Waals surface area contributed by atoms with Crippen LogP contribution in [0.3, 0.4) is 0 Å². The van der Waals surface area contributed by atoms with Crippen LogP contribution in [0.5, 0.6) is 0 Å². The number of benzene rings is 1. The van der Waals surface area contributed by atoms with E-state index in [0.29, 0.717) is 18.1 Å². The Kier molecular flexibility index (Phi) is 5.24. The summed E-state index contributed by atoms with van der Waals surface area (Å²) in [6.45, 7) is 8.84. The summed E-state index contributed by atoms with van der Waals surface area (Å²) in [5.74, 6) is 0. The number of nitrogens with two attached hydrogens (primary N) is 1. The number of piperazine rings is 1. The molecule has 4 heteroatoms. The first kappa shape index (κ1) is 16.0. The summed E-state index contributed by atoms with van der Waals surface area (Å²) < 4.78 is 1.12. The summed E-state index contributed by atoms with van der Waals surface area (Å²) in [4.78, 5) is 5.00. The molecule has 0 spiro atoms. The number of likely N-dealkylation sites (N-methyl/N-ethyl adjacent to an activating group) is 1. The SMILES string of the molecule is CC(N)C(c1ccc(Br)cc1)N1CC(C)N(C)C(C)C1. The molecule has 0 radical (unpaired) electrons. The molecule has 4 unspecified atom stereocenters. The van der Waals surface area contributed by atoms with Gasteiger partial charge in [-0.25, -0.2) is 0 Å². The maximum absolute atomic E-state index is 6.30. The maximum Gasteiger partial charge on any atom is 0.0497 e.